The Morgan fingerprint density at radius 2 is 2.11 bits per heavy atom. The fourth-order valence-corrected chi connectivity index (χ4v) is 0.538. The van der Waals surface area contributed by atoms with E-state index in [1.54, 1.807) is 19.0 Å². The summed E-state index contributed by atoms with van der Waals surface area (Å²) in [6.45, 7) is 3.99. The van der Waals surface area contributed by atoms with Gasteiger partial charge in [-0.3, -0.25) is 0 Å². The lowest BCUT2D eigenvalue weighted by Gasteiger charge is -2.34. The Bertz CT molecular complexity index is 81.1. The first-order valence-corrected chi connectivity index (χ1v) is 3.10. The minimum Gasteiger partial charge on any atom is -0.365 e. The Hall–Kier alpha value is -0.0151. The molecule has 0 aliphatic rings. The third kappa shape index (κ3) is 1.99. The van der Waals surface area contributed by atoms with E-state index in [-0.39, 0.29) is 5.72 Å². The average Bonchev–Trinajstić information content (AvgIpc) is 1.86. The number of hydrogen-bond donors (Lipinski definition) is 0. The lowest BCUT2D eigenvalue weighted by molar-refractivity contribution is -0.0735. The molecule has 0 aromatic rings. The van der Waals surface area contributed by atoms with E-state index < -0.39 is 0 Å². The molecule has 0 saturated heterocycles. The molecule has 52 valence electrons. The zero-order valence-electron chi connectivity index (χ0n) is 6.64. The number of ether oxygens (including phenoxy) is 1. The molecule has 0 saturated carbocycles. The van der Waals surface area contributed by atoms with Crippen LogP contribution in [0.25, 0.3) is 0 Å². The molecular weight excluding hydrogens is 113 g/mol. The van der Waals surface area contributed by atoms with Crippen molar-refractivity contribution >= 4 is 7.98 Å². The van der Waals surface area contributed by atoms with Crippen LogP contribution in [0, 0.1) is 0 Å². The van der Waals surface area contributed by atoms with Crippen molar-refractivity contribution < 1.29 is 4.74 Å². The summed E-state index contributed by atoms with van der Waals surface area (Å²) in [4.78, 5) is 1.58. The fraction of sp³-hybridized carbons (Fsp3) is 1.00. The molecule has 0 heterocycles. The highest BCUT2D eigenvalue weighted by molar-refractivity contribution is 6.04. The maximum absolute atomic E-state index is 5.50. The summed E-state index contributed by atoms with van der Waals surface area (Å²) in [6.07, 6.45) is 0.885. The minimum absolute atomic E-state index is 0.306. The van der Waals surface area contributed by atoms with Gasteiger partial charge < -0.3 is 9.55 Å². The predicted molar refractivity (Wildman–Crippen MR) is 39.2 cm³/mol. The summed E-state index contributed by atoms with van der Waals surface area (Å²) in [7, 11) is 8.96. The molecule has 1 atom stereocenters. The monoisotopic (exact) mass is 127 g/mol. The van der Waals surface area contributed by atoms with E-state index in [1.807, 2.05) is 13.8 Å². The van der Waals surface area contributed by atoms with Crippen molar-refractivity contribution in [1.29, 1.82) is 0 Å². The molecule has 0 aliphatic heterocycles. The summed E-state index contributed by atoms with van der Waals surface area (Å²) in [5, 5.41) is 0. The number of rotatable bonds is 3. The fourth-order valence-electron chi connectivity index (χ4n) is 0.538. The lowest BCUT2D eigenvalue weighted by atomic mass is 10.1. The molecule has 0 fully saturated rings. The summed E-state index contributed by atoms with van der Waals surface area (Å²) in [5.74, 6) is 0. The van der Waals surface area contributed by atoms with Gasteiger partial charge in [0.2, 0.25) is 0 Å². The molecule has 3 heteroatoms. The standard InChI is InChI=1S/C6H14BNO/c1-5-6(2,9-4)8(3)7/h5H2,1-4H3. The molecule has 1 unspecified atom stereocenters. The Morgan fingerprint density at radius 1 is 1.67 bits per heavy atom. The van der Waals surface area contributed by atoms with E-state index >= 15 is 0 Å². The molecule has 0 bridgehead atoms. The Morgan fingerprint density at radius 3 is 2.11 bits per heavy atom. The Balaban J connectivity index is 3.92. The van der Waals surface area contributed by atoms with Crippen LogP contribution in [0.1, 0.15) is 20.3 Å². The SMILES string of the molecule is [B]N(C)C(C)(CC)OC. The van der Waals surface area contributed by atoms with Crippen molar-refractivity contribution in [1.82, 2.24) is 4.81 Å². The Kier molecular flexibility index (Phi) is 3.22. The molecule has 2 nitrogen and oxygen atoms in total. The van der Waals surface area contributed by atoms with Crippen molar-refractivity contribution in [3.63, 3.8) is 0 Å². The average molecular weight is 127 g/mol. The van der Waals surface area contributed by atoms with E-state index in [9.17, 15) is 0 Å². The maximum Gasteiger partial charge on any atom is 0.185 e. The molecule has 0 aromatic carbocycles. The van der Waals surface area contributed by atoms with Crippen molar-refractivity contribution in [2.75, 3.05) is 14.2 Å². The second-order valence-corrected chi connectivity index (χ2v) is 2.34. The van der Waals surface area contributed by atoms with E-state index in [0.29, 0.717) is 0 Å². The highest BCUT2D eigenvalue weighted by Crippen LogP contribution is 2.14. The van der Waals surface area contributed by atoms with Gasteiger partial charge in [0, 0.05) is 7.11 Å². The number of nitrogens with zero attached hydrogens (tertiary/aromatic N) is 1. The summed E-state index contributed by atoms with van der Waals surface area (Å²) in [5.41, 5.74) is -0.306. The van der Waals surface area contributed by atoms with Crippen LogP contribution in [0.15, 0.2) is 0 Å². The van der Waals surface area contributed by atoms with Crippen molar-refractivity contribution in [2.45, 2.75) is 26.0 Å². The quantitative estimate of drug-likeness (QED) is 0.410. The van der Waals surface area contributed by atoms with Crippen LogP contribution < -0.4 is 0 Å². The molecule has 2 radical (unpaired) electrons. The lowest BCUT2D eigenvalue weighted by Crippen LogP contribution is -2.43. The van der Waals surface area contributed by atoms with Crippen LogP contribution in [-0.2, 0) is 4.74 Å². The number of hydrogen-bond acceptors (Lipinski definition) is 2. The summed E-state index contributed by atoms with van der Waals surface area (Å²) in [6, 6.07) is 0. The van der Waals surface area contributed by atoms with Crippen LogP contribution in [0.4, 0.5) is 0 Å². The van der Waals surface area contributed by atoms with Crippen molar-refractivity contribution in [3.05, 3.63) is 0 Å². The molecule has 0 spiro atoms. The molecule has 0 N–H and O–H groups in total. The zero-order valence-corrected chi connectivity index (χ0v) is 6.64. The number of methoxy groups -OCH3 is 1. The summed E-state index contributed by atoms with van der Waals surface area (Å²) >= 11 is 0. The second kappa shape index (κ2) is 3.23. The van der Waals surface area contributed by atoms with Gasteiger partial charge in [-0.15, -0.1) is 0 Å². The zero-order chi connectivity index (χ0) is 7.49. The highest BCUT2D eigenvalue weighted by Gasteiger charge is 2.22. The van der Waals surface area contributed by atoms with Crippen molar-refractivity contribution in [2.24, 2.45) is 0 Å². The van der Waals surface area contributed by atoms with E-state index in [0.717, 1.165) is 6.42 Å². The van der Waals surface area contributed by atoms with Crippen molar-refractivity contribution in [3.8, 4) is 0 Å². The van der Waals surface area contributed by atoms with Gasteiger partial charge in [0.05, 0.1) is 0 Å². The first kappa shape index (κ1) is 8.98. The van der Waals surface area contributed by atoms with Gasteiger partial charge >= 0.3 is 0 Å². The van der Waals surface area contributed by atoms with Gasteiger partial charge in [-0.25, -0.2) is 0 Å². The van der Waals surface area contributed by atoms with Gasteiger partial charge in [-0.05, 0) is 20.4 Å². The molecule has 9 heavy (non-hydrogen) atoms. The predicted octanol–water partition coefficient (Wildman–Crippen LogP) is 0.774. The topological polar surface area (TPSA) is 12.5 Å². The molecule has 0 amide bonds. The van der Waals surface area contributed by atoms with Gasteiger partial charge in [0.15, 0.2) is 7.98 Å². The van der Waals surface area contributed by atoms with E-state index in [1.165, 1.54) is 0 Å². The van der Waals surface area contributed by atoms with Crippen LogP contribution >= 0.6 is 0 Å². The normalized spacial score (nSPS) is 17.9. The minimum atomic E-state index is -0.306. The smallest absolute Gasteiger partial charge is 0.185 e. The molecule has 0 aliphatic carbocycles. The third-order valence-electron chi connectivity index (χ3n) is 1.84. The van der Waals surface area contributed by atoms with Gasteiger partial charge in [0.25, 0.3) is 0 Å². The summed E-state index contributed by atoms with van der Waals surface area (Å²) < 4.78 is 5.15. The van der Waals surface area contributed by atoms with Gasteiger partial charge in [0.1, 0.15) is 5.72 Å². The van der Waals surface area contributed by atoms with E-state index in [2.05, 4.69) is 0 Å². The first-order chi connectivity index (χ1) is 4.06. The van der Waals surface area contributed by atoms with E-state index in [4.69, 9.17) is 12.7 Å². The molecular formula is C6H14BNO. The van der Waals surface area contributed by atoms with Gasteiger partial charge in [-0.1, -0.05) is 6.92 Å². The van der Waals surface area contributed by atoms with Crippen LogP contribution in [-0.4, -0.2) is 32.7 Å². The molecule has 0 rings (SSSR count). The third-order valence-corrected chi connectivity index (χ3v) is 1.84. The van der Waals surface area contributed by atoms with Gasteiger partial charge in [-0.2, -0.15) is 0 Å². The second-order valence-electron chi connectivity index (χ2n) is 2.34. The van der Waals surface area contributed by atoms with Crippen LogP contribution in [0.2, 0.25) is 0 Å². The largest absolute Gasteiger partial charge is 0.365 e. The molecule has 0 aromatic heterocycles. The Labute approximate surface area is 58.6 Å². The highest BCUT2D eigenvalue weighted by atomic mass is 16.5. The maximum atomic E-state index is 5.50. The van der Waals surface area contributed by atoms with Crippen LogP contribution in [0.5, 0.6) is 0 Å². The first-order valence-electron chi connectivity index (χ1n) is 3.10. The van der Waals surface area contributed by atoms with Crippen LogP contribution in [0.3, 0.4) is 0 Å².